The molecule has 0 atom stereocenters. The molecule has 1 aromatic heterocycles. The number of nitrogens with zero attached hydrogens (tertiary/aromatic N) is 2. The highest BCUT2D eigenvalue weighted by Gasteiger charge is 2.24. The summed E-state index contributed by atoms with van der Waals surface area (Å²) in [6.45, 7) is 0.301. The van der Waals surface area contributed by atoms with Crippen molar-refractivity contribution in [2.24, 2.45) is 5.73 Å². The highest BCUT2D eigenvalue weighted by Crippen LogP contribution is 2.27. The standard InChI is InChI=1S/C12H17N3O2/c1-15(2)12(16)11-6-10(17-9-3-4-9)5-8(7-13)14-11/h5-6,9H,3-4,7,13H2,1-2H3. The molecule has 0 spiro atoms. The molecule has 0 radical (unpaired) electrons. The van der Waals surface area contributed by atoms with Crippen LogP contribution >= 0.6 is 0 Å². The average molecular weight is 235 g/mol. The van der Waals surface area contributed by atoms with E-state index in [0.29, 0.717) is 29.8 Å². The van der Waals surface area contributed by atoms with Gasteiger partial charge >= 0.3 is 0 Å². The lowest BCUT2D eigenvalue weighted by molar-refractivity contribution is 0.0821. The van der Waals surface area contributed by atoms with E-state index in [9.17, 15) is 4.79 Å². The van der Waals surface area contributed by atoms with Gasteiger partial charge in [-0.25, -0.2) is 4.98 Å². The van der Waals surface area contributed by atoms with E-state index in [1.165, 1.54) is 4.90 Å². The van der Waals surface area contributed by atoms with Gasteiger partial charge in [-0.2, -0.15) is 0 Å². The second kappa shape index (κ2) is 4.71. The number of rotatable bonds is 4. The lowest BCUT2D eigenvalue weighted by Gasteiger charge is -2.12. The Hall–Kier alpha value is -1.62. The number of carbonyl (C=O) groups is 1. The second-order valence-electron chi connectivity index (χ2n) is 4.40. The Kier molecular flexibility index (Phi) is 3.28. The Morgan fingerprint density at radius 2 is 2.24 bits per heavy atom. The summed E-state index contributed by atoms with van der Waals surface area (Å²) >= 11 is 0. The monoisotopic (exact) mass is 235 g/mol. The number of hydrogen-bond donors (Lipinski definition) is 1. The SMILES string of the molecule is CN(C)C(=O)c1cc(OC2CC2)cc(CN)n1. The van der Waals surface area contributed by atoms with Crippen LogP contribution in [-0.2, 0) is 6.54 Å². The van der Waals surface area contributed by atoms with Crippen LogP contribution in [0, 0.1) is 0 Å². The molecule has 1 aromatic rings. The number of pyridine rings is 1. The number of nitrogens with two attached hydrogens (primary N) is 1. The predicted molar refractivity (Wildman–Crippen MR) is 63.8 cm³/mol. The second-order valence-corrected chi connectivity index (χ2v) is 4.40. The van der Waals surface area contributed by atoms with Crippen LogP contribution in [0.5, 0.6) is 5.75 Å². The van der Waals surface area contributed by atoms with Crippen molar-refractivity contribution in [3.63, 3.8) is 0 Å². The third-order valence-corrected chi connectivity index (χ3v) is 2.51. The highest BCUT2D eigenvalue weighted by atomic mass is 16.5. The maximum atomic E-state index is 11.8. The number of aromatic nitrogens is 1. The maximum absolute atomic E-state index is 11.8. The molecule has 0 aliphatic heterocycles. The Morgan fingerprint density at radius 1 is 1.53 bits per heavy atom. The number of ether oxygens (including phenoxy) is 1. The molecule has 0 saturated heterocycles. The molecule has 1 fully saturated rings. The lowest BCUT2D eigenvalue weighted by Crippen LogP contribution is -2.23. The summed E-state index contributed by atoms with van der Waals surface area (Å²) in [5.41, 5.74) is 6.62. The Balaban J connectivity index is 2.26. The first-order valence-electron chi connectivity index (χ1n) is 5.69. The van der Waals surface area contributed by atoms with Gasteiger partial charge in [0.1, 0.15) is 11.4 Å². The van der Waals surface area contributed by atoms with Crippen LogP contribution in [0.2, 0.25) is 0 Å². The summed E-state index contributed by atoms with van der Waals surface area (Å²) in [6.07, 6.45) is 2.46. The zero-order valence-electron chi connectivity index (χ0n) is 10.1. The van der Waals surface area contributed by atoms with Crippen LogP contribution in [0.3, 0.4) is 0 Å². The molecule has 1 heterocycles. The van der Waals surface area contributed by atoms with Crippen molar-refractivity contribution in [3.05, 3.63) is 23.5 Å². The van der Waals surface area contributed by atoms with Gasteiger partial charge in [-0.3, -0.25) is 4.79 Å². The summed E-state index contributed by atoms with van der Waals surface area (Å²) in [7, 11) is 3.39. The molecule has 0 aromatic carbocycles. The lowest BCUT2D eigenvalue weighted by atomic mass is 10.2. The zero-order valence-corrected chi connectivity index (χ0v) is 10.1. The molecule has 0 bridgehead atoms. The molecule has 17 heavy (non-hydrogen) atoms. The van der Waals surface area contributed by atoms with Gasteiger partial charge in [-0.05, 0) is 12.8 Å². The third kappa shape index (κ3) is 2.94. The van der Waals surface area contributed by atoms with Gasteiger partial charge in [-0.1, -0.05) is 0 Å². The van der Waals surface area contributed by atoms with Crippen LogP contribution in [0.15, 0.2) is 12.1 Å². The van der Waals surface area contributed by atoms with Gasteiger partial charge in [0.15, 0.2) is 0 Å². The quantitative estimate of drug-likeness (QED) is 0.837. The van der Waals surface area contributed by atoms with Crippen molar-refractivity contribution in [1.29, 1.82) is 0 Å². The van der Waals surface area contributed by atoms with Crippen molar-refractivity contribution < 1.29 is 9.53 Å². The predicted octanol–water partition coefficient (Wildman–Crippen LogP) is 0.783. The molecule has 1 amide bonds. The van der Waals surface area contributed by atoms with E-state index in [2.05, 4.69) is 4.98 Å². The molecule has 92 valence electrons. The van der Waals surface area contributed by atoms with Crippen molar-refractivity contribution in [3.8, 4) is 5.75 Å². The minimum atomic E-state index is -0.138. The average Bonchev–Trinajstić information content (AvgIpc) is 3.11. The minimum Gasteiger partial charge on any atom is -0.490 e. The minimum absolute atomic E-state index is 0.138. The first-order chi connectivity index (χ1) is 8.10. The Bertz CT molecular complexity index is 428. The third-order valence-electron chi connectivity index (χ3n) is 2.51. The number of amides is 1. The topological polar surface area (TPSA) is 68.5 Å². The molecule has 1 aliphatic carbocycles. The van der Waals surface area contributed by atoms with E-state index >= 15 is 0 Å². The number of carbonyl (C=O) groups excluding carboxylic acids is 1. The van der Waals surface area contributed by atoms with Gasteiger partial charge in [0.25, 0.3) is 5.91 Å². The number of hydrogen-bond acceptors (Lipinski definition) is 4. The van der Waals surface area contributed by atoms with E-state index in [0.717, 1.165) is 12.8 Å². The Labute approximate surface area is 101 Å². The first kappa shape index (κ1) is 11.9. The van der Waals surface area contributed by atoms with E-state index in [-0.39, 0.29) is 5.91 Å². The Morgan fingerprint density at radius 3 is 2.76 bits per heavy atom. The molecular weight excluding hydrogens is 218 g/mol. The normalized spacial score (nSPS) is 14.5. The highest BCUT2D eigenvalue weighted by molar-refractivity contribution is 5.92. The van der Waals surface area contributed by atoms with Gasteiger partial charge in [0, 0.05) is 32.8 Å². The van der Waals surface area contributed by atoms with Gasteiger partial charge in [0.2, 0.25) is 0 Å². The van der Waals surface area contributed by atoms with E-state index in [4.69, 9.17) is 10.5 Å². The summed E-state index contributed by atoms with van der Waals surface area (Å²) in [4.78, 5) is 17.5. The summed E-state index contributed by atoms with van der Waals surface area (Å²) in [5, 5.41) is 0. The molecule has 5 heteroatoms. The fraction of sp³-hybridized carbons (Fsp3) is 0.500. The van der Waals surface area contributed by atoms with Crippen LogP contribution in [0.4, 0.5) is 0 Å². The van der Waals surface area contributed by atoms with Crippen LogP contribution in [0.1, 0.15) is 29.0 Å². The van der Waals surface area contributed by atoms with Crippen molar-refractivity contribution in [1.82, 2.24) is 9.88 Å². The summed E-state index contributed by atoms with van der Waals surface area (Å²) in [5.74, 6) is 0.550. The smallest absolute Gasteiger partial charge is 0.272 e. The fourth-order valence-corrected chi connectivity index (χ4v) is 1.45. The van der Waals surface area contributed by atoms with E-state index in [1.807, 2.05) is 0 Å². The van der Waals surface area contributed by atoms with Crippen LogP contribution in [0.25, 0.3) is 0 Å². The van der Waals surface area contributed by atoms with E-state index in [1.54, 1.807) is 26.2 Å². The van der Waals surface area contributed by atoms with Crippen molar-refractivity contribution >= 4 is 5.91 Å². The summed E-state index contributed by atoms with van der Waals surface area (Å²) in [6, 6.07) is 3.48. The van der Waals surface area contributed by atoms with E-state index < -0.39 is 0 Å². The van der Waals surface area contributed by atoms with Crippen molar-refractivity contribution in [2.45, 2.75) is 25.5 Å². The summed E-state index contributed by atoms with van der Waals surface area (Å²) < 4.78 is 5.67. The van der Waals surface area contributed by atoms with Crippen molar-refractivity contribution in [2.75, 3.05) is 14.1 Å². The molecule has 2 N–H and O–H groups in total. The van der Waals surface area contributed by atoms with Gasteiger partial charge in [0.05, 0.1) is 11.8 Å². The van der Waals surface area contributed by atoms with Gasteiger partial charge < -0.3 is 15.4 Å². The molecule has 1 saturated carbocycles. The fourth-order valence-electron chi connectivity index (χ4n) is 1.45. The molecule has 5 nitrogen and oxygen atoms in total. The molecule has 1 aliphatic rings. The molecule has 2 rings (SSSR count). The zero-order chi connectivity index (χ0) is 12.4. The first-order valence-corrected chi connectivity index (χ1v) is 5.69. The van der Waals surface area contributed by atoms with Gasteiger partial charge in [-0.15, -0.1) is 0 Å². The largest absolute Gasteiger partial charge is 0.490 e. The molecule has 0 unspecified atom stereocenters. The molecular formula is C12H17N3O2. The van der Waals surface area contributed by atoms with Crippen LogP contribution < -0.4 is 10.5 Å². The van der Waals surface area contributed by atoms with Crippen LogP contribution in [-0.4, -0.2) is 36.0 Å². The maximum Gasteiger partial charge on any atom is 0.272 e.